The number of carbonyl (C=O) groups excluding carboxylic acids is 1. The van der Waals surface area contributed by atoms with E-state index in [9.17, 15) is 4.79 Å². The van der Waals surface area contributed by atoms with Crippen LogP contribution in [-0.4, -0.2) is 42.1 Å². The zero-order chi connectivity index (χ0) is 12.3. The van der Waals surface area contributed by atoms with Gasteiger partial charge in [0.1, 0.15) is 5.69 Å². The molecule has 2 N–H and O–H groups in total. The Morgan fingerprint density at radius 2 is 2.53 bits per heavy atom. The molecule has 1 amide bonds. The highest BCUT2D eigenvalue weighted by atomic mass is 16.5. The summed E-state index contributed by atoms with van der Waals surface area (Å²) < 4.78 is 5.49. The molecule has 17 heavy (non-hydrogen) atoms. The number of hydrogen-bond acceptors (Lipinski definition) is 4. The van der Waals surface area contributed by atoms with Gasteiger partial charge in [0.05, 0.1) is 6.10 Å². The van der Waals surface area contributed by atoms with E-state index in [0.717, 1.165) is 19.4 Å². The molecule has 2 rings (SSSR count). The van der Waals surface area contributed by atoms with Crippen molar-refractivity contribution in [2.45, 2.75) is 18.9 Å². The lowest BCUT2D eigenvalue weighted by Gasteiger charge is -2.20. The SMILES string of the molecule is CN(CC1CCCO1)C(=O)c1cc(N)ccn1. The fourth-order valence-corrected chi connectivity index (χ4v) is 1.94. The number of ether oxygens (including phenoxy) is 1. The molecule has 1 aliphatic heterocycles. The highest BCUT2D eigenvalue weighted by Crippen LogP contribution is 2.14. The average molecular weight is 235 g/mol. The third-order valence-electron chi connectivity index (χ3n) is 2.85. The third-order valence-corrected chi connectivity index (χ3v) is 2.85. The second-order valence-corrected chi connectivity index (χ2v) is 4.30. The molecule has 0 aliphatic carbocycles. The quantitative estimate of drug-likeness (QED) is 0.845. The van der Waals surface area contributed by atoms with Gasteiger partial charge in [-0.2, -0.15) is 0 Å². The van der Waals surface area contributed by atoms with Crippen LogP contribution in [0.25, 0.3) is 0 Å². The van der Waals surface area contributed by atoms with Crippen LogP contribution in [0.3, 0.4) is 0 Å². The van der Waals surface area contributed by atoms with E-state index in [4.69, 9.17) is 10.5 Å². The van der Waals surface area contributed by atoms with Crippen molar-refractivity contribution in [3.63, 3.8) is 0 Å². The Balaban J connectivity index is 1.98. The summed E-state index contributed by atoms with van der Waals surface area (Å²) in [6, 6.07) is 3.26. The smallest absolute Gasteiger partial charge is 0.272 e. The van der Waals surface area contributed by atoms with E-state index in [2.05, 4.69) is 4.98 Å². The van der Waals surface area contributed by atoms with E-state index in [1.54, 1.807) is 30.3 Å². The summed E-state index contributed by atoms with van der Waals surface area (Å²) in [5.74, 6) is -0.118. The van der Waals surface area contributed by atoms with Gasteiger partial charge in [-0.1, -0.05) is 0 Å². The van der Waals surface area contributed by atoms with Gasteiger partial charge in [0.15, 0.2) is 0 Å². The van der Waals surface area contributed by atoms with Crippen LogP contribution in [-0.2, 0) is 4.74 Å². The maximum absolute atomic E-state index is 12.0. The van der Waals surface area contributed by atoms with Crippen molar-refractivity contribution in [2.75, 3.05) is 25.9 Å². The molecule has 1 aromatic heterocycles. The minimum absolute atomic E-state index is 0.118. The third kappa shape index (κ3) is 2.94. The maximum Gasteiger partial charge on any atom is 0.272 e. The van der Waals surface area contributed by atoms with Gasteiger partial charge in [-0.15, -0.1) is 0 Å². The van der Waals surface area contributed by atoms with Gasteiger partial charge in [-0.05, 0) is 25.0 Å². The first kappa shape index (κ1) is 11.9. The molecule has 1 aliphatic rings. The van der Waals surface area contributed by atoms with E-state index in [1.165, 1.54) is 0 Å². The van der Waals surface area contributed by atoms with Gasteiger partial charge in [0.2, 0.25) is 0 Å². The molecule has 1 aromatic rings. The molecule has 0 radical (unpaired) electrons. The minimum atomic E-state index is -0.118. The van der Waals surface area contributed by atoms with Gasteiger partial charge in [-0.25, -0.2) is 0 Å². The van der Waals surface area contributed by atoms with E-state index in [0.29, 0.717) is 17.9 Å². The van der Waals surface area contributed by atoms with Crippen molar-refractivity contribution in [1.82, 2.24) is 9.88 Å². The highest BCUT2D eigenvalue weighted by Gasteiger charge is 2.21. The summed E-state index contributed by atoms with van der Waals surface area (Å²) in [5.41, 5.74) is 6.55. The van der Waals surface area contributed by atoms with Crippen molar-refractivity contribution in [2.24, 2.45) is 0 Å². The first-order valence-electron chi connectivity index (χ1n) is 5.75. The first-order chi connectivity index (χ1) is 8.16. The number of amides is 1. The van der Waals surface area contributed by atoms with Crippen LogP contribution in [0.4, 0.5) is 5.69 Å². The Bertz CT molecular complexity index is 402. The van der Waals surface area contributed by atoms with Crippen molar-refractivity contribution in [3.05, 3.63) is 24.0 Å². The van der Waals surface area contributed by atoms with Crippen LogP contribution < -0.4 is 5.73 Å². The molecular formula is C12H17N3O2. The largest absolute Gasteiger partial charge is 0.399 e. The van der Waals surface area contributed by atoms with Crippen molar-refractivity contribution in [3.8, 4) is 0 Å². The van der Waals surface area contributed by atoms with Crippen molar-refractivity contribution >= 4 is 11.6 Å². The molecule has 92 valence electrons. The van der Waals surface area contributed by atoms with Crippen molar-refractivity contribution < 1.29 is 9.53 Å². The number of carbonyl (C=O) groups is 1. The molecule has 0 bridgehead atoms. The zero-order valence-electron chi connectivity index (χ0n) is 9.93. The Hall–Kier alpha value is -1.62. The zero-order valence-corrected chi connectivity index (χ0v) is 9.93. The molecular weight excluding hydrogens is 218 g/mol. The minimum Gasteiger partial charge on any atom is -0.399 e. The second kappa shape index (κ2) is 5.14. The molecule has 5 nitrogen and oxygen atoms in total. The average Bonchev–Trinajstić information content (AvgIpc) is 2.80. The lowest BCUT2D eigenvalue weighted by atomic mass is 10.2. The molecule has 0 spiro atoms. The Morgan fingerprint density at radius 3 is 3.18 bits per heavy atom. The molecule has 1 unspecified atom stereocenters. The number of pyridine rings is 1. The van der Waals surface area contributed by atoms with Gasteiger partial charge >= 0.3 is 0 Å². The van der Waals surface area contributed by atoms with Gasteiger partial charge in [-0.3, -0.25) is 9.78 Å². The number of anilines is 1. The lowest BCUT2D eigenvalue weighted by molar-refractivity contribution is 0.0583. The number of nitrogen functional groups attached to an aromatic ring is 1. The van der Waals surface area contributed by atoms with E-state index < -0.39 is 0 Å². The highest BCUT2D eigenvalue weighted by molar-refractivity contribution is 5.92. The monoisotopic (exact) mass is 235 g/mol. The van der Waals surface area contributed by atoms with Crippen LogP contribution >= 0.6 is 0 Å². The van der Waals surface area contributed by atoms with Crippen LogP contribution in [0.5, 0.6) is 0 Å². The molecule has 1 saturated heterocycles. The fourth-order valence-electron chi connectivity index (χ4n) is 1.94. The molecule has 5 heteroatoms. The number of aromatic nitrogens is 1. The molecule has 2 heterocycles. The summed E-state index contributed by atoms with van der Waals surface area (Å²) in [7, 11) is 1.76. The van der Waals surface area contributed by atoms with Crippen LogP contribution in [0.1, 0.15) is 23.3 Å². The summed E-state index contributed by atoms with van der Waals surface area (Å²) in [6.07, 6.45) is 3.79. The Morgan fingerprint density at radius 1 is 1.71 bits per heavy atom. The van der Waals surface area contributed by atoms with Crippen LogP contribution in [0.15, 0.2) is 18.3 Å². The normalized spacial score (nSPS) is 19.2. The molecule has 1 atom stereocenters. The Kier molecular flexibility index (Phi) is 3.58. The first-order valence-corrected chi connectivity index (χ1v) is 5.75. The lowest BCUT2D eigenvalue weighted by Crippen LogP contribution is -2.34. The summed E-state index contributed by atoms with van der Waals surface area (Å²) in [5, 5.41) is 0. The maximum atomic E-state index is 12.0. The fraction of sp³-hybridized carbons (Fsp3) is 0.500. The molecule has 0 saturated carbocycles. The van der Waals surface area contributed by atoms with Crippen molar-refractivity contribution in [1.29, 1.82) is 0 Å². The number of likely N-dealkylation sites (N-methyl/N-ethyl adjacent to an activating group) is 1. The van der Waals surface area contributed by atoms with E-state index >= 15 is 0 Å². The number of nitrogens with two attached hydrogens (primary N) is 1. The predicted octanol–water partition coefficient (Wildman–Crippen LogP) is 0.915. The molecule has 1 fully saturated rings. The Labute approximate surface area is 101 Å². The summed E-state index contributed by atoms with van der Waals surface area (Å²) >= 11 is 0. The van der Waals surface area contributed by atoms with Gasteiger partial charge in [0.25, 0.3) is 5.91 Å². The van der Waals surface area contributed by atoms with Gasteiger partial charge in [0, 0.05) is 32.1 Å². The number of nitrogens with zero attached hydrogens (tertiary/aromatic N) is 2. The predicted molar refractivity (Wildman–Crippen MR) is 64.6 cm³/mol. The standard InChI is InChI=1S/C12H17N3O2/c1-15(8-10-3-2-6-17-10)12(16)11-7-9(13)4-5-14-11/h4-5,7,10H,2-3,6,8H2,1H3,(H2,13,14). The van der Waals surface area contributed by atoms with E-state index in [-0.39, 0.29) is 12.0 Å². The topological polar surface area (TPSA) is 68.5 Å². The molecule has 0 aromatic carbocycles. The van der Waals surface area contributed by atoms with E-state index in [1.807, 2.05) is 0 Å². The van der Waals surface area contributed by atoms with Gasteiger partial charge < -0.3 is 15.4 Å². The van der Waals surface area contributed by atoms with Crippen LogP contribution in [0.2, 0.25) is 0 Å². The number of hydrogen-bond donors (Lipinski definition) is 1. The summed E-state index contributed by atoms with van der Waals surface area (Å²) in [6.45, 7) is 1.40. The van der Waals surface area contributed by atoms with Crippen LogP contribution in [0, 0.1) is 0 Å². The summed E-state index contributed by atoms with van der Waals surface area (Å²) in [4.78, 5) is 17.7. The second-order valence-electron chi connectivity index (χ2n) is 4.30. The number of rotatable bonds is 3.